The van der Waals surface area contributed by atoms with Crippen molar-refractivity contribution in [2.75, 3.05) is 12.4 Å². The molecule has 6 nitrogen and oxygen atoms in total. The summed E-state index contributed by atoms with van der Waals surface area (Å²) in [6.07, 6.45) is 8.95. The Hall–Kier alpha value is -2.78. The summed E-state index contributed by atoms with van der Waals surface area (Å²) in [5, 5.41) is 3.74. The van der Waals surface area contributed by atoms with E-state index in [1.54, 1.807) is 13.3 Å². The first-order valence-electron chi connectivity index (χ1n) is 7.28. The Labute approximate surface area is 144 Å². The van der Waals surface area contributed by atoms with Crippen molar-refractivity contribution < 1.29 is 4.74 Å². The molecule has 0 aliphatic heterocycles. The average Bonchev–Trinajstić information content (AvgIpc) is 2.94. The van der Waals surface area contributed by atoms with Crippen molar-refractivity contribution in [3.05, 3.63) is 40.4 Å². The van der Waals surface area contributed by atoms with Crippen LogP contribution in [0.5, 0.6) is 5.75 Å². The van der Waals surface area contributed by atoms with Gasteiger partial charge < -0.3 is 9.30 Å². The van der Waals surface area contributed by atoms with Crippen LogP contribution < -0.4 is 10.1 Å². The molecule has 3 aromatic rings. The quantitative estimate of drug-likeness (QED) is 0.448. The number of rotatable bonds is 4. The second kappa shape index (κ2) is 6.38. The summed E-state index contributed by atoms with van der Waals surface area (Å²) in [5.41, 5.74) is 3.59. The molecule has 0 bridgehead atoms. The number of ether oxygens (including phenoxy) is 1. The molecule has 0 unspecified atom stereocenters. The normalized spacial score (nSPS) is 10.6. The topological polar surface area (TPSA) is 64.9 Å². The third-order valence-electron chi connectivity index (χ3n) is 3.83. The maximum Gasteiger partial charge on any atom is 0.237 e. The van der Waals surface area contributed by atoms with E-state index in [-0.39, 0.29) is 0 Å². The first-order valence-corrected chi connectivity index (χ1v) is 7.66. The van der Waals surface area contributed by atoms with Crippen LogP contribution in [0.15, 0.2) is 18.5 Å². The molecule has 7 heteroatoms. The highest BCUT2D eigenvalue weighted by molar-refractivity contribution is 6.34. The highest BCUT2D eigenvalue weighted by atomic mass is 35.5. The smallest absolute Gasteiger partial charge is 0.237 e. The molecule has 0 atom stereocenters. The van der Waals surface area contributed by atoms with E-state index in [1.807, 2.05) is 30.7 Å². The fourth-order valence-electron chi connectivity index (χ4n) is 2.67. The van der Waals surface area contributed by atoms with Crippen LogP contribution in [-0.2, 0) is 6.54 Å². The van der Waals surface area contributed by atoms with E-state index in [1.165, 1.54) is 0 Å². The molecular formula is C17H16ClN5O. The number of methoxy groups -OCH3 is 1. The zero-order valence-corrected chi connectivity index (χ0v) is 14.3. The average molecular weight is 342 g/mol. The molecule has 3 heterocycles. The van der Waals surface area contributed by atoms with Crippen molar-refractivity contribution in [1.82, 2.24) is 19.5 Å². The Bertz CT molecular complexity index is 958. The predicted octanol–water partition coefficient (Wildman–Crippen LogP) is 3.16. The van der Waals surface area contributed by atoms with E-state index in [0.717, 1.165) is 28.0 Å². The molecule has 24 heavy (non-hydrogen) atoms. The van der Waals surface area contributed by atoms with Crippen molar-refractivity contribution >= 4 is 28.6 Å². The van der Waals surface area contributed by atoms with E-state index in [2.05, 4.69) is 26.3 Å². The number of halogens is 1. The van der Waals surface area contributed by atoms with Gasteiger partial charge in [0, 0.05) is 29.6 Å². The molecule has 0 saturated heterocycles. The molecule has 0 spiro atoms. The van der Waals surface area contributed by atoms with Crippen molar-refractivity contribution in [1.29, 1.82) is 0 Å². The maximum absolute atomic E-state index is 6.21. The second-order valence-electron chi connectivity index (χ2n) is 5.33. The van der Waals surface area contributed by atoms with Crippen molar-refractivity contribution in [3.8, 4) is 18.2 Å². The van der Waals surface area contributed by atoms with Crippen LogP contribution in [0.3, 0.4) is 0 Å². The van der Waals surface area contributed by atoms with Gasteiger partial charge in [-0.2, -0.15) is 9.97 Å². The summed E-state index contributed by atoms with van der Waals surface area (Å²) in [5.74, 6) is 1.14. The number of fused-ring (bicyclic) bond motifs is 1. The zero-order chi connectivity index (χ0) is 17.3. The zero-order valence-electron chi connectivity index (χ0n) is 13.6. The van der Waals surface area contributed by atoms with Gasteiger partial charge in [0.05, 0.1) is 24.7 Å². The predicted molar refractivity (Wildman–Crippen MR) is 94.4 cm³/mol. The number of nitrogens with one attached hydrogen (secondary N) is 1. The van der Waals surface area contributed by atoms with Gasteiger partial charge in [0.15, 0.2) is 0 Å². The van der Waals surface area contributed by atoms with Crippen molar-refractivity contribution in [2.24, 2.45) is 0 Å². The van der Waals surface area contributed by atoms with E-state index < -0.39 is 0 Å². The Morgan fingerprint density at radius 2 is 2.17 bits per heavy atom. The first kappa shape index (κ1) is 16.1. The lowest BCUT2D eigenvalue weighted by Gasteiger charge is -2.13. The minimum absolute atomic E-state index is 0.293. The molecule has 122 valence electrons. The van der Waals surface area contributed by atoms with E-state index >= 15 is 0 Å². The van der Waals surface area contributed by atoms with Gasteiger partial charge in [0.1, 0.15) is 16.5 Å². The van der Waals surface area contributed by atoms with Gasteiger partial charge in [0.2, 0.25) is 5.95 Å². The van der Waals surface area contributed by atoms with Crippen LogP contribution in [0.25, 0.3) is 11.0 Å². The third kappa shape index (κ3) is 2.74. The van der Waals surface area contributed by atoms with Gasteiger partial charge in [-0.15, -0.1) is 0 Å². The standard InChI is InChI=1S/C17H16ClN5O/c1-5-19-17-21-15(18)12-6-7-23(16(12)22-17)9-13-11(3)14(24-4)10(2)8-20-13/h1,6-8H,9H2,2-4H3,(H,19,21,22). The number of nitrogens with zero attached hydrogens (tertiary/aromatic N) is 4. The number of aryl methyl sites for hydroxylation is 1. The molecule has 0 saturated carbocycles. The molecule has 0 aliphatic rings. The van der Waals surface area contributed by atoms with Gasteiger partial charge in [-0.1, -0.05) is 18.0 Å². The van der Waals surface area contributed by atoms with E-state index in [4.69, 9.17) is 22.8 Å². The van der Waals surface area contributed by atoms with Crippen LogP contribution in [0, 0.1) is 26.3 Å². The summed E-state index contributed by atoms with van der Waals surface area (Å²) < 4.78 is 7.42. The number of pyridine rings is 1. The highest BCUT2D eigenvalue weighted by Gasteiger charge is 2.14. The van der Waals surface area contributed by atoms with Crippen molar-refractivity contribution in [2.45, 2.75) is 20.4 Å². The monoisotopic (exact) mass is 341 g/mol. The van der Waals surface area contributed by atoms with Gasteiger partial charge in [-0.25, -0.2) is 0 Å². The number of aromatic nitrogens is 4. The Morgan fingerprint density at radius 1 is 1.38 bits per heavy atom. The number of anilines is 1. The van der Waals surface area contributed by atoms with Gasteiger partial charge in [0.25, 0.3) is 0 Å². The van der Waals surface area contributed by atoms with Crippen LogP contribution in [0.1, 0.15) is 16.8 Å². The minimum atomic E-state index is 0.293. The summed E-state index contributed by atoms with van der Waals surface area (Å²) in [6, 6.07) is 4.17. The second-order valence-corrected chi connectivity index (χ2v) is 5.69. The number of terminal acetylenes is 1. The summed E-state index contributed by atoms with van der Waals surface area (Å²) >= 11 is 6.21. The van der Waals surface area contributed by atoms with E-state index in [9.17, 15) is 0 Å². The number of hydrogen-bond acceptors (Lipinski definition) is 5. The lowest BCUT2D eigenvalue weighted by molar-refractivity contribution is 0.406. The third-order valence-corrected chi connectivity index (χ3v) is 4.11. The Kier molecular flexibility index (Phi) is 4.28. The summed E-state index contributed by atoms with van der Waals surface area (Å²) in [7, 11) is 1.66. The highest BCUT2D eigenvalue weighted by Crippen LogP contribution is 2.27. The lowest BCUT2D eigenvalue weighted by Crippen LogP contribution is -2.07. The van der Waals surface area contributed by atoms with Gasteiger partial charge in [-0.3, -0.25) is 10.3 Å². The first-order chi connectivity index (χ1) is 11.5. The SMILES string of the molecule is C#CNc1nc(Cl)c2ccn(Cc3ncc(C)c(OC)c3C)c2n1. The largest absolute Gasteiger partial charge is 0.496 e. The van der Waals surface area contributed by atoms with Crippen molar-refractivity contribution in [3.63, 3.8) is 0 Å². The number of hydrogen-bond donors (Lipinski definition) is 1. The molecule has 0 fully saturated rings. The molecule has 0 aliphatic carbocycles. The Balaban J connectivity index is 2.07. The molecule has 1 N–H and O–H groups in total. The Morgan fingerprint density at radius 3 is 2.88 bits per heavy atom. The van der Waals surface area contributed by atoms with E-state index in [0.29, 0.717) is 23.3 Å². The summed E-state index contributed by atoms with van der Waals surface area (Å²) in [6.45, 7) is 4.50. The van der Waals surface area contributed by atoms with Gasteiger partial charge >= 0.3 is 0 Å². The van der Waals surface area contributed by atoms with Crippen LogP contribution in [0.2, 0.25) is 5.15 Å². The van der Waals surface area contributed by atoms with Crippen LogP contribution >= 0.6 is 11.6 Å². The molecule has 3 rings (SSSR count). The molecular weight excluding hydrogens is 326 g/mol. The fourth-order valence-corrected chi connectivity index (χ4v) is 2.90. The maximum atomic E-state index is 6.21. The summed E-state index contributed by atoms with van der Waals surface area (Å²) in [4.78, 5) is 13.1. The molecule has 0 radical (unpaired) electrons. The van der Waals surface area contributed by atoms with Gasteiger partial charge in [-0.05, 0) is 19.9 Å². The molecule has 0 amide bonds. The molecule has 0 aromatic carbocycles. The van der Waals surface area contributed by atoms with Crippen LogP contribution in [-0.4, -0.2) is 26.6 Å². The minimum Gasteiger partial charge on any atom is -0.496 e. The lowest BCUT2D eigenvalue weighted by atomic mass is 10.1. The van der Waals surface area contributed by atoms with Crippen LogP contribution in [0.4, 0.5) is 5.95 Å². The fraction of sp³-hybridized carbons (Fsp3) is 0.235. The molecule has 3 aromatic heterocycles.